The first-order chi connectivity index (χ1) is 9.79. The third-order valence-corrected chi connectivity index (χ3v) is 4.35. The van der Waals surface area contributed by atoms with Gasteiger partial charge in [-0.05, 0) is 31.9 Å². The average molecular weight is 309 g/mol. The van der Waals surface area contributed by atoms with Crippen LogP contribution in [0.4, 0.5) is 4.39 Å². The lowest BCUT2D eigenvalue weighted by molar-refractivity contribution is 0.0811. The fourth-order valence-electron chi connectivity index (χ4n) is 1.97. The monoisotopic (exact) mass is 309 g/mol. The summed E-state index contributed by atoms with van der Waals surface area (Å²) in [5.41, 5.74) is -0.0623. The van der Waals surface area contributed by atoms with Gasteiger partial charge < -0.3 is 9.84 Å². The smallest absolute Gasteiger partial charge is 0.165 e. The minimum Gasteiger partial charge on any atom is -0.483 e. The van der Waals surface area contributed by atoms with Gasteiger partial charge in [0.1, 0.15) is 11.6 Å². The topological polar surface area (TPSA) is 42.4 Å². The molecule has 0 fully saturated rings. The molecule has 0 aliphatic rings. The van der Waals surface area contributed by atoms with Gasteiger partial charge in [0.2, 0.25) is 0 Å². The van der Waals surface area contributed by atoms with Gasteiger partial charge in [-0.15, -0.1) is 11.3 Å². The maximum Gasteiger partial charge on any atom is 0.165 e. The van der Waals surface area contributed by atoms with Crippen molar-refractivity contribution in [3.05, 3.63) is 45.7 Å². The quantitative estimate of drug-likeness (QED) is 0.899. The van der Waals surface area contributed by atoms with Gasteiger partial charge in [0.05, 0.1) is 16.2 Å². The number of para-hydroxylation sites is 1. The summed E-state index contributed by atoms with van der Waals surface area (Å²) in [4.78, 5) is 5.37. The van der Waals surface area contributed by atoms with Crippen LogP contribution in [0.15, 0.2) is 24.3 Å². The van der Waals surface area contributed by atoms with Gasteiger partial charge in [-0.3, -0.25) is 0 Å². The van der Waals surface area contributed by atoms with Crippen molar-refractivity contribution in [1.82, 2.24) is 4.98 Å². The molecule has 2 rings (SSSR count). The van der Waals surface area contributed by atoms with E-state index in [0.29, 0.717) is 0 Å². The molecule has 0 atom stereocenters. The van der Waals surface area contributed by atoms with E-state index < -0.39 is 5.60 Å². The second kappa shape index (κ2) is 6.12. The van der Waals surface area contributed by atoms with Crippen molar-refractivity contribution in [2.45, 2.75) is 45.8 Å². The first-order valence-electron chi connectivity index (χ1n) is 6.89. The number of hydrogen-bond acceptors (Lipinski definition) is 4. The second-order valence-corrected chi connectivity index (χ2v) is 6.84. The lowest BCUT2D eigenvalue weighted by Crippen LogP contribution is -2.16. The molecule has 1 heterocycles. The van der Waals surface area contributed by atoms with Gasteiger partial charge in [-0.1, -0.05) is 26.0 Å². The van der Waals surface area contributed by atoms with Crippen LogP contribution >= 0.6 is 11.3 Å². The molecular formula is C16H20FNO2S. The van der Waals surface area contributed by atoms with Crippen LogP contribution in [0.2, 0.25) is 0 Å². The van der Waals surface area contributed by atoms with Crippen LogP contribution in [-0.2, 0) is 12.2 Å². The number of ether oxygens (including phenoxy) is 1. The molecule has 1 aromatic heterocycles. The van der Waals surface area contributed by atoms with E-state index in [-0.39, 0.29) is 24.1 Å². The summed E-state index contributed by atoms with van der Waals surface area (Å²) >= 11 is 1.41. The van der Waals surface area contributed by atoms with Crippen LogP contribution in [0, 0.1) is 5.82 Å². The molecule has 0 bridgehead atoms. The van der Waals surface area contributed by atoms with Crippen molar-refractivity contribution in [2.75, 3.05) is 0 Å². The van der Waals surface area contributed by atoms with E-state index in [2.05, 4.69) is 4.98 Å². The molecule has 5 heteroatoms. The molecule has 0 radical (unpaired) electrons. The van der Waals surface area contributed by atoms with E-state index in [1.807, 2.05) is 13.8 Å². The lowest BCUT2D eigenvalue weighted by atomic mass is 10.0. The Kier molecular flexibility index (Phi) is 4.64. The van der Waals surface area contributed by atoms with Crippen molar-refractivity contribution < 1.29 is 14.2 Å². The number of thiazole rings is 1. The second-order valence-electron chi connectivity index (χ2n) is 5.75. The third kappa shape index (κ3) is 3.80. The number of rotatable bonds is 5. The van der Waals surface area contributed by atoms with E-state index in [4.69, 9.17) is 4.74 Å². The van der Waals surface area contributed by atoms with Gasteiger partial charge in [0, 0.05) is 0 Å². The Labute approximate surface area is 128 Å². The summed E-state index contributed by atoms with van der Waals surface area (Å²) < 4.78 is 19.0. The van der Waals surface area contributed by atoms with Crippen molar-refractivity contribution in [3.63, 3.8) is 0 Å². The van der Waals surface area contributed by atoms with Crippen LogP contribution in [-0.4, -0.2) is 10.1 Å². The van der Waals surface area contributed by atoms with Crippen molar-refractivity contribution >= 4 is 11.3 Å². The molecule has 2 aromatic rings. The first-order valence-corrected chi connectivity index (χ1v) is 7.70. The maximum atomic E-state index is 13.5. The molecule has 0 aliphatic heterocycles. The summed E-state index contributed by atoms with van der Waals surface area (Å²) in [6.45, 7) is 7.75. The molecule has 0 unspecified atom stereocenters. The predicted octanol–water partition coefficient (Wildman–Crippen LogP) is 4.21. The molecule has 0 saturated heterocycles. The Balaban J connectivity index is 2.20. The molecule has 0 spiro atoms. The number of nitrogens with zero attached hydrogens (tertiary/aromatic N) is 1. The standard InChI is InChI=1S/C16H20FNO2S/c1-10(2)14-15(16(3,4)19)21-13(18-14)9-20-12-8-6-5-7-11(12)17/h5-8,10,19H,9H2,1-4H3. The molecule has 21 heavy (non-hydrogen) atoms. The van der Waals surface area contributed by atoms with Crippen molar-refractivity contribution in [3.8, 4) is 5.75 Å². The molecule has 0 amide bonds. The first kappa shape index (κ1) is 15.9. The molecular weight excluding hydrogens is 289 g/mol. The molecule has 1 aromatic carbocycles. The van der Waals surface area contributed by atoms with Gasteiger partial charge in [-0.2, -0.15) is 0 Å². The molecule has 0 aliphatic carbocycles. The van der Waals surface area contributed by atoms with E-state index in [1.165, 1.54) is 17.4 Å². The van der Waals surface area contributed by atoms with E-state index >= 15 is 0 Å². The third-order valence-electron chi connectivity index (χ3n) is 2.99. The molecule has 0 saturated carbocycles. The Morgan fingerprint density at radius 3 is 2.52 bits per heavy atom. The van der Waals surface area contributed by atoms with Crippen molar-refractivity contribution in [2.24, 2.45) is 0 Å². The molecule has 3 nitrogen and oxygen atoms in total. The van der Waals surface area contributed by atoms with Gasteiger partial charge >= 0.3 is 0 Å². The highest BCUT2D eigenvalue weighted by Gasteiger charge is 2.26. The Morgan fingerprint density at radius 2 is 2.00 bits per heavy atom. The highest BCUT2D eigenvalue weighted by Crippen LogP contribution is 2.34. The SMILES string of the molecule is CC(C)c1nc(COc2ccccc2F)sc1C(C)(C)O. The maximum absolute atomic E-state index is 13.5. The van der Waals surface area contributed by atoms with Crippen LogP contribution < -0.4 is 4.74 Å². The average Bonchev–Trinajstić information content (AvgIpc) is 2.82. The largest absolute Gasteiger partial charge is 0.483 e. The van der Waals surface area contributed by atoms with Crippen molar-refractivity contribution in [1.29, 1.82) is 0 Å². The van der Waals surface area contributed by atoms with Crippen LogP contribution in [0.3, 0.4) is 0 Å². The summed E-state index contributed by atoms with van der Waals surface area (Å²) in [6.07, 6.45) is 0. The highest BCUT2D eigenvalue weighted by molar-refractivity contribution is 7.11. The number of aromatic nitrogens is 1. The summed E-state index contributed by atoms with van der Waals surface area (Å²) in [5.74, 6) is 0.0364. The minimum atomic E-state index is -0.937. The zero-order chi connectivity index (χ0) is 15.6. The van der Waals surface area contributed by atoms with E-state index in [0.717, 1.165) is 15.6 Å². The van der Waals surface area contributed by atoms with Crippen LogP contribution in [0.1, 0.15) is 49.2 Å². The number of halogens is 1. The molecule has 114 valence electrons. The number of hydrogen-bond donors (Lipinski definition) is 1. The highest BCUT2D eigenvalue weighted by atomic mass is 32.1. The Morgan fingerprint density at radius 1 is 1.33 bits per heavy atom. The Hall–Kier alpha value is -1.46. The van der Waals surface area contributed by atoms with Gasteiger partial charge in [-0.25, -0.2) is 9.37 Å². The summed E-state index contributed by atoms with van der Waals surface area (Å²) in [6, 6.07) is 6.29. The van der Waals surface area contributed by atoms with Crippen LogP contribution in [0.5, 0.6) is 5.75 Å². The van der Waals surface area contributed by atoms with E-state index in [9.17, 15) is 9.50 Å². The summed E-state index contributed by atoms with van der Waals surface area (Å²) in [5, 5.41) is 11.0. The summed E-state index contributed by atoms with van der Waals surface area (Å²) in [7, 11) is 0. The fourth-order valence-corrected chi connectivity index (χ4v) is 3.10. The van der Waals surface area contributed by atoms with Gasteiger partial charge in [0.15, 0.2) is 11.6 Å². The molecule has 1 N–H and O–H groups in total. The zero-order valence-electron chi connectivity index (χ0n) is 12.7. The number of aliphatic hydroxyl groups is 1. The predicted molar refractivity (Wildman–Crippen MR) is 82.2 cm³/mol. The lowest BCUT2D eigenvalue weighted by Gasteiger charge is -2.17. The fraction of sp³-hybridized carbons (Fsp3) is 0.438. The van der Waals surface area contributed by atoms with E-state index in [1.54, 1.807) is 32.0 Å². The number of benzene rings is 1. The normalized spacial score (nSPS) is 12.0. The van der Waals surface area contributed by atoms with Gasteiger partial charge in [0.25, 0.3) is 0 Å². The zero-order valence-corrected chi connectivity index (χ0v) is 13.5. The Bertz CT molecular complexity index is 617. The minimum absolute atomic E-state index is 0.196. The van der Waals surface area contributed by atoms with Crippen LogP contribution in [0.25, 0.3) is 0 Å².